The Kier molecular flexibility index (Phi) is 8.11. The van der Waals surface area contributed by atoms with Crippen molar-refractivity contribution in [2.75, 3.05) is 0 Å². The number of allylic oxidation sites excluding steroid dienone is 1. The van der Waals surface area contributed by atoms with Crippen molar-refractivity contribution < 1.29 is 0 Å². The van der Waals surface area contributed by atoms with Crippen molar-refractivity contribution in [3.05, 3.63) is 46.5 Å². The molecule has 1 aromatic carbocycles. The van der Waals surface area contributed by atoms with Crippen molar-refractivity contribution in [3.63, 3.8) is 0 Å². The van der Waals surface area contributed by atoms with Crippen LogP contribution < -0.4 is 0 Å². The maximum Gasteiger partial charge on any atom is -0.0198 e. The van der Waals surface area contributed by atoms with Gasteiger partial charge in [-0.15, -0.1) is 0 Å². The van der Waals surface area contributed by atoms with Crippen LogP contribution in [0.25, 0.3) is 12.2 Å². The van der Waals surface area contributed by atoms with Crippen molar-refractivity contribution in [2.45, 2.75) is 54.4 Å². The first kappa shape index (κ1) is 16.7. The highest BCUT2D eigenvalue weighted by molar-refractivity contribution is 5.66. The summed E-state index contributed by atoms with van der Waals surface area (Å²) in [5, 5.41) is 0. The normalized spacial score (nSPS) is 10.1. The van der Waals surface area contributed by atoms with E-state index < -0.39 is 0 Å². The summed E-state index contributed by atoms with van der Waals surface area (Å²) in [6.07, 6.45) is 8.59. The van der Waals surface area contributed by atoms with Gasteiger partial charge in [-0.2, -0.15) is 0 Å². The van der Waals surface area contributed by atoms with Gasteiger partial charge in [0.2, 0.25) is 0 Å². The molecular weight excluding hydrogens is 216 g/mol. The molecule has 0 aliphatic heterocycles. The van der Waals surface area contributed by atoms with Crippen LogP contribution >= 0.6 is 0 Å². The second-order valence-electron chi connectivity index (χ2n) is 4.17. The lowest BCUT2D eigenvalue weighted by atomic mass is 9.91. The van der Waals surface area contributed by atoms with Crippen molar-refractivity contribution >= 4 is 12.2 Å². The summed E-state index contributed by atoms with van der Waals surface area (Å²) >= 11 is 0. The summed E-state index contributed by atoms with van der Waals surface area (Å²) in [5.74, 6) is 0. The van der Waals surface area contributed by atoms with E-state index in [4.69, 9.17) is 0 Å². The second-order valence-corrected chi connectivity index (χ2v) is 4.17. The zero-order valence-corrected chi connectivity index (χ0v) is 12.9. The molecule has 0 saturated carbocycles. The molecule has 100 valence electrons. The van der Waals surface area contributed by atoms with E-state index >= 15 is 0 Å². The fourth-order valence-electron chi connectivity index (χ4n) is 2.19. The number of hydrogen-bond donors (Lipinski definition) is 0. The van der Waals surface area contributed by atoms with Crippen LogP contribution in [-0.4, -0.2) is 0 Å². The predicted octanol–water partition coefficient (Wildman–Crippen LogP) is 5.96. The smallest absolute Gasteiger partial charge is 0.0198 e. The lowest BCUT2D eigenvalue weighted by molar-refractivity contribution is 1.09. The Labute approximate surface area is 113 Å². The van der Waals surface area contributed by atoms with E-state index in [0.29, 0.717) is 0 Å². The summed E-state index contributed by atoms with van der Waals surface area (Å²) in [4.78, 5) is 0. The Morgan fingerprint density at radius 2 is 1.78 bits per heavy atom. The van der Waals surface area contributed by atoms with Gasteiger partial charge in [0.1, 0.15) is 0 Å². The number of hydrogen-bond acceptors (Lipinski definition) is 0. The monoisotopic (exact) mass is 244 g/mol. The molecule has 0 fully saturated rings. The highest BCUT2D eigenvalue weighted by Gasteiger charge is 2.08. The third kappa shape index (κ3) is 3.87. The highest BCUT2D eigenvalue weighted by atomic mass is 14.1. The Hall–Kier alpha value is -1.30. The molecule has 0 atom stereocenters. The molecule has 0 aliphatic carbocycles. The highest BCUT2D eigenvalue weighted by Crippen LogP contribution is 2.25. The molecule has 0 unspecified atom stereocenters. The summed E-state index contributed by atoms with van der Waals surface area (Å²) in [5.41, 5.74) is 6.82. The van der Waals surface area contributed by atoms with Crippen LogP contribution in [0.2, 0.25) is 0 Å². The molecule has 0 spiro atoms. The Morgan fingerprint density at radius 3 is 2.22 bits per heavy atom. The molecule has 0 radical (unpaired) electrons. The van der Waals surface area contributed by atoms with Crippen molar-refractivity contribution in [2.24, 2.45) is 0 Å². The van der Waals surface area contributed by atoms with Crippen LogP contribution in [0.4, 0.5) is 0 Å². The molecule has 0 heteroatoms. The zero-order valence-electron chi connectivity index (χ0n) is 12.9. The largest absolute Gasteiger partial charge is 0.0984 e. The quantitative estimate of drug-likeness (QED) is 0.613. The molecule has 0 saturated heterocycles. The number of benzene rings is 1. The van der Waals surface area contributed by atoms with Crippen LogP contribution in [-0.2, 0) is 6.42 Å². The van der Waals surface area contributed by atoms with E-state index in [1.807, 2.05) is 19.9 Å². The van der Waals surface area contributed by atoms with E-state index in [1.54, 1.807) is 0 Å². The summed E-state index contributed by atoms with van der Waals surface area (Å²) in [6.45, 7) is 16.7. The summed E-state index contributed by atoms with van der Waals surface area (Å²) in [6, 6.07) is 2.26. The van der Waals surface area contributed by atoms with Crippen LogP contribution in [0, 0.1) is 13.8 Å². The summed E-state index contributed by atoms with van der Waals surface area (Å²) < 4.78 is 0. The van der Waals surface area contributed by atoms with E-state index in [2.05, 4.69) is 52.5 Å². The van der Waals surface area contributed by atoms with Gasteiger partial charge in [0.05, 0.1) is 0 Å². The van der Waals surface area contributed by atoms with Crippen LogP contribution in [0.5, 0.6) is 0 Å². The standard InChI is InChI=1S/C16H22.C2H6/c1-6-9-10-14-11-12(4)15(7-2)16(8-3)13(14)5;1-2/h7,9-11H,2,6,8H2,1,3-5H3;1-2H3/b10-9-;. The molecule has 0 aliphatic rings. The van der Waals surface area contributed by atoms with E-state index in [0.717, 1.165) is 12.8 Å². The van der Waals surface area contributed by atoms with E-state index in [9.17, 15) is 0 Å². The van der Waals surface area contributed by atoms with Gasteiger partial charge in [-0.05, 0) is 54.5 Å². The second kappa shape index (κ2) is 8.74. The fraction of sp³-hybridized carbons (Fsp3) is 0.444. The maximum atomic E-state index is 3.92. The average molecular weight is 244 g/mol. The zero-order chi connectivity index (χ0) is 14.1. The third-order valence-electron chi connectivity index (χ3n) is 3.10. The van der Waals surface area contributed by atoms with E-state index in [1.165, 1.54) is 27.8 Å². The molecule has 0 heterocycles. The Balaban J connectivity index is 0.00000137. The van der Waals surface area contributed by atoms with Gasteiger partial charge >= 0.3 is 0 Å². The minimum absolute atomic E-state index is 1.07. The predicted molar refractivity (Wildman–Crippen MR) is 86.1 cm³/mol. The van der Waals surface area contributed by atoms with Gasteiger partial charge in [0.15, 0.2) is 0 Å². The van der Waals surface area contributed by atoms with Gasteiger partial charge in [0, 0.05) is 0 Å². The van der Waals surface area contributed by atoms with Gasteiger partial charge in [-0.3, -0.25) is 0 Å². The van der Waals surface area contributed by atoms with Gasteiger partial charge in [-0.25, -0.2) is 0 Å². The molecule has 0 aromatic heterocycles. The van der Waals surface area contributed by atoms with E-state index in [-0.39, 0.29) is 0 Å². The SMILES string of the molecule is C=Cc1c(C)cc(/C=C\CC)c(C)c1CC.CC. The lowest BCUT2D eigenvalue weighted by Crippen LogP contribution is -1.97. The maximum absolute atomic E-state index is 3.92. The third-order valence-corrected chi connectivity index (χ3v) is 3.10. The topological polar surface area (TPSA) is 0 Å². The Bertz CT molecular complexity index is 409. The summed E-state index contributed by atoms with van der Waals surface area (Å²) in [7, 11) is 0. The average Bonchev–Trinajstić information content (AvgIpc) is 2.41. The fourth-order valence-corrected chi connectivity index (χ4v) is 2.19. The van der Waals surface area contributed by atoms with Gasteiger partial charge < -0.3 is 0 Å². The van der Waals surface area contributed by atoms with Gasteiger partial charge in [0.25, 0.3) is 0 Å². The lowest BCUT2D eigenvalue weighted by Gasteiger charge is -2.14. The minimum atomic E-state index is 1.07. The number of aryl methyl sites for hydroxylation is 1. The molecule has 18 heavy (non-hydrogen) atoms. The first-order chi connectivity index (χ1) is 8.65. The molecular formula is C18H28. The van der Waals surface area contributed by atoms with Gasteiger partial charge in [-0.1, -0.05) is 58.6 Å². The van der Waals surface area contributed by atoms with Crippen molar-refractivity contribution in [1.29, 1.82) is 0 Å². The van der Waals surface area contributed by atoms with Crippen LogP contribution in [0.1, 0.15) is 61.9 Å². The van der Waals surface area contributed by atoms with Crippen LogP contribution in [0.15, 0.2) is 18.7 Å². The first-order valence-corrected chi connectivity index (χ1v) is 7.07. The Morgan fingerprint density at radius 1 is 1.17 bits per heavy atom. The molecule has 0 N–H and O–H groups in total. The minimum Gasteiger partial charge on any atom is -0.0984 e. The molecule has 1 aromatic rings. The van der Waals surface area contributed by atoms with Crippen LogP contribution in [0.3, 0.4) is 0 Å². The molecule has 0 bridgehead atoms. The van der Waals surface area contributed by atoms with Crippen molar-refractivity contribution in [1.82, 2.24) is 0 Å². The number of rotatable bonds is 4. The molecule has 0 amide bonds. The van der Waals surface area contributed by atoms with Crippen molar-refractivity contribution in [3.8, 4) is 0 Å². The molecule has 0 nitrogen and oxygen atoms in total. The molecule has 1 rings (SSSR count). The first-order valence-electron chi connectivity index (χ1n) is 7.07.